The summed E-state index contributed by atoms with van der Waals surface area (Å²) < 4.78 is 14.2. The molecule has 0 aliphatic carbocycles. The summed E-state index contributed by atoms with van der Waals surface area (Å²) >= 11 is 0. The summed E-state index contributed by atoms with van der Waals surface area (Å²) in [5, 5.41) is 2.06. The number of fused-ring (bicyclic) bond motifs is 1. The van der Waals surface area contributed by atoms with Crippen molar-refractivity contribution in [3.05, 3.63) is 59.9 Å². The summed E-state index contributed by atoms with van der Waals surface area (Å²) in [5.41, 5.74) is 0.766. The minimum absolute atomic E-state index is 0.0162. The highest BCUT2D eigenvalue weighted by molar-refractivity contribution is 5.85. The molecule has 1 nitrogen and oxygen atoms in total. The van der Waals surface area contributed by atoms with E-state index in [9.17, 15) is 4.39 Å². The van der Waals surface area contributed by atoms with Crippen molar-refractivity contribution in [3.8, 4) is 11.8 Å². The first-order valence-electron chi connectivity index (χ1n) is 7.89. The van der Waals surface area contributed by atoms with Gasteiger partial charge in [0.1, 0.15) is 5.82 Å². The van der Waals surface area contributed by atoms with Gasteiger partial charge in [0.2, 0.25) is 0 Å². The molecule has 0 radical (unpaired) electrons. The Hall–Kier alpha value is -2.11. The number of benzene rings is 2. The quantitative estimate of drug-likeness (QED) is 0.717. The summed E-state index contributed by atoms with van der Waals surface area (Å²) in [6, 6.07) is 11.3. The lowest BCUT2D eigenvalue weighted by Gasteiger charge is -2.16. The number of rotatable bonds is 4. The zero-order valence-corrected chi connectivity index (χ0v) is 14.4. The molecule has 0 aliphatic heterocycles. The van der Waals surface area contributed by atoms with E-state index >= 15 is 0 Å². The van der Waals surface area contributed by atoms with E-state index in [0.717, 1.165) is 22.9 Å². The lowest BCUT2D eigenvalue weighted by molar-refractivity contribution is 0.358. The van der Waals surface area contributed by atoms with Crippen molar-refractivity contribution in [1.29, 1.82) is 0 Å². The lowest BCUT2D eigenvalue weighted by atomic mass is 9.98. The number of likely N-dealkylation sites (N-methyl/N-ethyl adjacent to an activating group) is 1. The number of hydrogen-bond acceptors (Lipinski definition) is 1. The number of nitrogens with zero attached hydrogens (tertiary/aromatic N) is 1. The maximum Gasteiger partial charge on any atom is 0.128 e. The SMILES string of the molecule is CN(C/C=C/C#CC(C)(C)C)Cc1c([18F])ccc2ccccc12. The Balaban J connectivity index is 2.06. The van der Waals surface area contributed by atoms with Crippen molar-refractivity contribution in [2.24, 2.45) is 5.41 Å². The fourth-order valence-electron chi connectivity index (χ4n) is 2.35. The Labute approximate surface area is 138 Å². The summed E-state index contributed by atoms with van der Waals surface area (Å²) in [6.45, 7) is 7.57. The highest BCUT2D eigenvalue weighted by Gasteiger charge is 2.09. The van der Waals surface area contributed by atoms with Gasteiger partial charge in [-0.25, -0.2) is 4.39 Å². The molecule has 2 aromatic carbocycles. The third kappa shape index (κ3) is 5.23. The molecular weight excluding hydrogens is 284 g/mol. The maximum absolute atomic E-state index is 14.2. The molecule has 0 spiro atoms. The predicted molar refractivity (Wildman–Crippen MR) is 96.6 cm³/mol. The van der Waals surface area contributed by atoms with Gasteiger partial charge in [0.05, 0.1) is 0 Å². The van der Waals surface area contributed by atoms with Crippen LogP contribution in [0.5, 0.6) is 0 Å². The van der Waals surface area contributed by atoms with Crippen LogP contribution in [0.15, 0.2) is 48.6 Å². The van der Waals surface area contributed by atoms with Gasteiger partial charge in [-0.05, 0) is 50.7 Å². The van der Waals surface area contributed by atoms with Crippen molar-refractivity contribution in [2.75, 3.05) is 13.6 Å². The minimum Gasteiger partial charge on any atom is -0.298 e. The fraction of sp³-hybridized carbons (Fsp3) is 0.333. The second kappa shape index (κ2) is 7.44. The molecule has 2 rings (SSSR count). The molecule has 0 saturated heterocycles. The summed E-state index contributed by atoms with van der Waals surface area (Å²) in [7, 11) is 1.99. The van der Waals surface area contributed by atoms with E-state index < -0.39 is 0 Å². The molecule has 0 atom stereocenters. The van der Waals surface area contributed by atoms with Crippen LogP contribution in [0.25, 0.3) is 10.8 Å². The van der Waals surface area contributed by atoms with Gasteiger partial charge in [0.25, 0.3) is 0 Å². The topological polar surface area (TPSA) is 3.24 Å². The standard InChI is InChI=1S/C21H24FN/c1-21(2,3)14-8-5-9-15-23(4)16-19-18-11-7-6-10-17(18)12-13-20(19)22/h5-7,9-13H,15-16H2,1-4H3/b9-5+/i22-1. The second-order valence-electron chi connectivity index (χ2n) is 6.87. The summed E-state index contributed by atoms with van der Waals surface area (Å²) in [5.74, 6) is 6.07. The smallest absolute Gasteiger partial charge is 0.128 e. The largest absolute Gasteiger partial charge is 0.298 e. The predicted octanol–water partition coefficient (Wildman–Crippen LogP) is 5.02. The molecule has 0 saturated carbocycles. The first-order chi connectivity index (χ1) is 10.9. The number of hydrogen-bond donors (Lipinski definition) is 0. The van der Waals surface area contributed by atoms with Crippen LogP contribution in [0, 0.1) is 23.1 Å². The zero-order chi connectivity index (χ0) is 16.9. The monoisotopic (exact) mass is 308 g/mol. The van der Waals surface area contributed by atoms with Gasteiger partial charge >= 0.3 is 0 Å². The molecule has 2 aromatic rings. The summed E-state index contributed by atoms with van der Waals surface area (Å²) in [4.78, 5) is 2.08. The van der Waals surface area contributed by atoms with Crippen molar-refractivity contribution in [3.63, 3.8) is 0 Å². The molecule has 2 heteroatoms. The second-order valence-corrected chi connectivity index (χ2v) is 6.87. The van der Waals surface area contributed by atoms with Gasteiger partial charge in [0, 0.05) is 24.1 Å². The fourth-order valence-corrected chi connectivity index (χ4v) is 2.35. The molecule has 0 unspecified atom stereocenters. The van der Waals surface area contributed by atoms with E-state index in [1.165, 1.54) is 0 Å². The average Bonchev–Trinajstić information content (AvgIpc) is 2.49. The van der Waals surface area contributed by atoms with Crippen LogP contribution in [-0.2, 0) is 6.54 Å². The van der Waals surface area contributed by atoms with Crippen LogP contribution in [0.2, 0.25) is 0 Å². The van der Waals surface area contributed by atoms with E-state index in [2.05, 4.69) is 37.5 Å². The van der Waals surface area contributed by atoms with Gasteiger partial charge in [0.15, 0.2) is 0 Å². The zero-order valence-electron chi connectivity index (χ0n) is 14.4. The van der Waals surface area contributed by atoms with E-state index in [1.54, 1.807) is 6.07 Å². The minimum atomic E-state index is -0.146. The first-order valence-corrected chi connectivity index (χ1v) is 7.89. The highest BCUT2D eigenvalue weighted by atomic mass is 18.2. The van der Waals surface area contributed by atoms with E-state index in [4.69, 9.17) is 0 Å². The van der Waals surface area contributed by atoms with Crippen molar-refractivity contribution in [2.45, 2.75) is 27.3 Å². The lowest BCUT2D eigenvalue weighted by Crippen LogP contribution is -2.18. The Morgan fingerprint density at radius 2 is 1.87 bits per heavy atom. The van der Waals surface area contributed by atoms with Gasteiger partial charge in [-0.2, -0.15) is 0 Å². The van der Waals surface area contributed by atoms with Crippen LogP contribution in [0.3, 0.4) is 0 Å². The van der Waals surface area contributed by atoms with Crippen molar-refractivity contribution < 1.29 is 4.39 Å². The molecule has 0 amide bonds. The summed E-state index contributed by atoms with van der Waals surface area (Å²) in [6.07, 6.45) is 3.89. The highest BCUT2D eigenvalue weighted by Crippen LogP contribution is 2.22. The number of allylic oxidation sites excluding steroid dienone is 1. The molecule has 120 valence electrons. The van der Waals surface area contributed by atoms with Crippen LogP contribution in [0.4, 0.5) is 4.39 Å². The van der Waals surface area contributed by atoms with Crippen LogP contribution in [-0.4, -0.2) is 18.5 Å². The van der Waals surface area contributed by atoms with E-state index in [0.29, 0.717) is 6.54 Å². The molecule has 23 heavy (non-hydrogen) atoms. The Morgan fingerprint density at radius 3 is 2.61 bits per heavy atom. The maximum atomic E-state index is 14.2. The Kier molecular flexibility index (Phi) is 5.58. The molecule has 0 N–H and O–H groups in total. The van der Waals surface area contributed by atoms with Gasteiger partial charge in [-0.1, -0.05) is 48.2 Å². The molecule has 0 aliphatic rings. The molecule has 0 aromatic heterocycles. The Bertz CT molecular complexity index is 757. The van der Waals surface area contributed by atoms with Crippen molar-refractivity contribution in [1.82, 2.24) is 4.90 Å². The van der Waals surface area contributed by atoms with Gasteiger partial charge in [-0.3, -0.25) is 4.90 Å². The molecular formula is C21H24FN. The molecule has 0 bridgehead atoms. The normalized spacial score (nSPS) is 11.9. The third-order valence-corrected chi connectivity index (χ3v) is 3.48. The first kappa shape index (κ1) is 17.2. The molecule has 0 heterocycles. The number of halogens is 1. The van der Waals surface area contributed by atoms with Gasteiger partial charge < -0.3 is 0 Å². The van der Waals surface area contributed by atoms with Crippen LogP contribution >= 0.6 is 0 Å². The Morgan fingerprint density at radius 1 is 1.13 bits per heavy atom. The van der Waals surface area contributed by atoms with Crippen LogP contribution < -0.4 is 0 Å². The van der Waals surface area contributed by atoms with Gasteiger partial charge in [-0.15, -0.1) is 0 Å². The van der Waals surface area contributed by atoms with Crippen LogP contribution in [0.1, 0.15) is 26.3 Å². The van der Waals surface area contributed by atoms with E-state index in [-0.39, 0.29) is 11.2 Å². The third-order valence-electron chi connectivity index (χ3n) is 3.48. The average molecular weight is 308 g/mol. The molecule has 0 fully saturated rings. The van der Waals surface area contributed by atoms with E-state index in [1.807, 2.05) is 49.5 Å². The van der Waals surface area contributed by atoms with Crippen molar-refractivity contribution >= 4 is 10.8 Å².